The summed E-state index contributed by atoms with van der Waals surface area (Å²) >= 11 is 1.52. The predicted octanol–water partition coefficient (Wildman–Crippen LogP) is 3.18. The van der Waals surface area contributed by atoms with Crippen LogP contribution in [0.4, 0.5) is 0 Å². The zero-order chi connectivity index (χ0) is 17.6. The summed E-state index contributed by atoms with van der Waals surface area (Å²) < 4.78 is 0. The molecule has 0 fully saturated rings. The first-order chi connectivity index (χ1) is 12.1. The first-order valence-corrected chi connectivity index (χ1v) is 8.91. The maximum Gasteiger partial charge on any atom is 0.222 e. The second-order valence-corrected chi connectivity index (χ2v) is 6.71. The molecule has 3 rings (SSSR count). The fraction of sp³-hybridized carbons (Fsp3) is 0.211. The zero-order valence-electron chi connectivity index (χ0n) is 13.9. The van der Waals surface area contributed by atoms with Crippen molar-refractivity contribution in [3.05, 3.63) is 64.6 Å². The number of nitrogens with zero attached hydrogens (tertiary/aromatic N) is 1. The Morgan fingerprint density at radius 3 is 2.76 bits per heavy atom. The molecule has 2 amide bonds. The Labute approximate surface area is 150 Å². The van der Waals surface area contributed by atoms with Gasteiger partial charge in [0.15, 0.2) is 0 Å². The van der Waals surface area contributed by atoms with E-state index in [9.17, 15) is 9.59 Å². The number of aromatic nitrogens is 1. The molecule has 0 spiro atoms. The van der Waals surface area contributed by atoms with Gasteiger partial charge in [-0.05, 0) is 22.9 Å². The summed E-state index contributed by atoms with van der Waals surface area (Å²) in [5, 5.41) is 9.80. The van der Waals surface area contributed by atoms with Gasteiger partial charge >= 0.3 is 0 Å². The molecule has 2 aromatic heterocycles. The molecule has 5 nitrogen and oxygen atoms in total. The van der Waals surface area contributed by atoms with Crippen LogP contribution in [0.3, 0.4) is 0 Å². The van der Waals surface area contributed by atoms with E-state index in [2.05, 4.69) is 15.6 Å². The molecule has 0 bridgehead atoms. The predicted molar refractivity (Wildman–Crippen MR) is 99.1 cm³/mol. The second-order valence-electron chi connectivity index (χ2n) is 5.73. The number of hydrogen-bond donors (Lipinski definition) is 2. The Balaban J connectivity index is 1.66. The average Bonchev–Trinajstić information content (AvgIpc) is 3.13. The molecule has 0 saturated heterocycles. The monoisotopic (exact) mass is 353 g/mol. The summed E-state index contributed by atoms with van der Waals surface area (Å²) in [7, 11) is 0. The summed E-state index contributed by atoms with van der Waals surface area (Å²) in [6.07, 6.45) is 1.94. The Hall–Kier alpha value is -2.73. The summed E-state index contributed by atoms with van der Waals surface area (Å²) in [5.74, 6) is -0.274. The van der Waals surface area contributed by atoms with Crippen LogP contribution < -0.4 is 10.6 Å². The van der Waals surface area contributed by atoms with Gasteiger partial charge in [0.25, 0.3) is 0 Å². The lowest BCUT2D eigenvalue weighted by Gasteiger charge is -2.16. The van der Waals surface area contributed by atoms with Crippen molar-refractivity contribution in [3.63, 3.8) is 0 Å². The third-order valence-corrected chi connectivity index (χ3v) is 4.85. The SMILES string of the molecule is CC(=O)N[C@H](CC(=O)NCc1nccc2ccccc12)c1cccs1. The van der Waals surface area contributed by atoms with Crippen LogP contribution in [-0.4, -0.2) is 16.8 Å². The Bertz CT molecular complexity index is 872. The van der Waals surface area contributed by atoms with Crippen LogP contribution in [0, 0.1) is 0 Å². The number of amides is 2. The second kappa shape index (κ2) is 7.90. The molecule has 0 saturated carbocycles. The van der Waals surface area contributed by atoms with Crippen LogP contribution in [-0.2, 0) is 16.1 Å². The molecule has 0 unspecified atom stereocenters. The van der Waals surface area contributed by atoms with E-state index in [1.807, 2.05) is 47.8 Å². The molecule has 2 heterocycles. The fourth-order valence-electron chi connectivity index (χ4n) is 2.72. The Morgan fingerprint density at radius 2 is 2.00 bits per heavy atom. The van der Waals surface area contributed by atoms with Gasteiger partial charge in [-0.3, -0.25) is 14.6 Å². The topological polar surface area (TPSA) is 71.1 Å². The minimum atomic E-state index is -0.307. The fourth-order valence-corrected chi connectivity index (χ4v) is 3.50. The van der Waals surface area contributed by atoms with Gasteiger partial charge < -0.3 is 10.6 Å². The molecule has 1 aromatic carbocycles. The molecule has 0 aliphatic heterocycles. The molecular formula is C19H19N3O2S. The molecule has 0 aliphatic carbocycles. The maximum absolute atomic E-state index is 12.4. The highest BCUT2D eigenvalue weighted by Crippen LogP contribution is 2.22. The van der Waals surface area contributed by atoms with Crippen molar-refractivity contribution in [1.29, 1.82) is 0 Å². The first kappa shape index (κ1) is 17.1. The number of benzene rings is 1. The third kappa shape index (κ3) is 4.42. The largest absolute Gasteiger partial charge is 0.350 e. The van der Waals surface area contributed by atoms with Crippen molar-refractivity contribution in [3.8, 4) is 0 Å². The number of fused-ring (bicyclic) bond motifs is 1. The van der Waals surface area contributed by atoms with Gasteiger partial charge in [0.2, 0.25) is 11.8 Å². The van der Waals surface area contributed by atoms with Crippen LogP contribution in [0.25, 0.3) is 10.8 Å². The molecule has 25 heavy (non-hydrogen) atoms. The summed E-state index contributed by atoms with van der Waals surface area (Å²) in [4.78, 5) is 29.1. The molecule has 1 atom stereocenters. The van der Waals surface area contributed by atoms with Gasteiger partial charge in [-0.25, -0.2) is 0 Å². The minimum Gasteiger partial charge on any atom is -0.350 e. The number of hydrogen-bond acceptors (Lipinski definition) is 4. The molecule has 2 N–H and O–H groups in total. The Morgan fingerprint density at radius 1 is 1.16 bits per heavy atom. The van der Waals surface area contributed by atoms with Crippen molar-refractivity contribution >= 4 is 33.9 Å². The van der Waals surface area contributed by atoms with Gasteiger partial charge in [-0.15, -0.1) is 11.3 Å². The molecular weight excluding hydrogens is 334 g/mol. The maximum atomic E-state index is 12.4. The van der Waals surface area contributed by atoms with Gasteiger partial charge in [-0.1, -0.05) is 30.3 Å². The lowest BCUT2D eigenvalue weighted by Crippen LogP contribution is -2.32. The number of carbonyl (C=O) groups excluding carboxylic acids is 2. The summed E-state index contributed by atoms with van der Waals surface area (Å²) in [5.41, 5.74) is 0.832. The minimum absolute atomic E-state index is 0.123. The molecule has 0 aliphatic rings. The van der Waals surface area contributed by atoms with E-state index < -0.39 is 0 Å². The Kier molecular flexibility index (Phi) is 5.40. The number of carbonyl (C=O) groups is 2. The van der Waals surface area contributed by atoms with Crippen molar-refractivity contribution in [1.82, 2.24) is 15.6 Å². The van der Waals surface area contributed by atoms with E-state index >= 15 is 0 Å². The zero-order valence-corrected chi connectivity index (χ0v) is 14.7. The highest BCUT2D eigenvalue weighted by molar-refractivity contribution is 7.10. The van der Waals surface area contributed by atoms with E-state index in [1.165, 1.54) is 18.3 Å². The highest BCUT2D eigenvalue weighted by atomic mass is 32.1. The van der Waals surface area contributed by atoms with Gasteiger partial charge in [0.05, 0.1) is 24.7 Å². The lowest BCUT2D eigenvalue weighted by atomic mass is 10.1. The van der Waals surface area contributed by atoms with E-state index in [0.29, 0.717) is 6.54 Å². The number of rotatable bonds is 6. The molecule has 6 heteroatoms. The van der Waals surface area contributed by atoms with E-state index in [4.69, 9.17) is 0 Å². The van der Waals surface area contributed by atoms with E-state index in [1.54, 1.807) is 6.20 Å². The average molecular weight is 353 g/mol. The van der Waals surface area contributed by atoms with Crippen LogP contribution in [0.1, 0.15) is 30.0 Å². The van der Waals surface area contributed by atoms with Crippen molar-refractivity contribution < 1.29 is 9.59 Å². The van der Waals surface area contributed by atoms with Gasteiger partial charge in [0, 0.05) is 23.4 Å². The highest BCUT2D eigenvalue weighted by Gasteiger charge is 2.18. The van der Waals surface area contributed by atoms with Crippen LogP contribution in [0.5, 0.6) is 0 Å². The summed E-state index contributed by atoms with van der Waals surface area (Å²) in [6, 6.07) is 13.4. The molecule has 0 radical (unpaired) electrons. The lowest BCUT2D eigenvalue weighted by molar-refractivity contribution is -0.122. The quantitative estimate of drug-likeness (QED) is 0.715. The number of nitrogens with one attached hydrogen (secondary N) is 2. The van der Waals surface area contributed by atoms with E-state index in [0.717, 1.165) is 21.3 Å². The number of pyridine rings is 1. The third-order valence-electron chi connectivity index (χ3n) is 3.86. The van der Waals surface area contributed by atoms with Crippen LogP contribution in [0.15, 0.2) is 54.0 Å². The van der Waals surface area contributed by atoms with Crippen molar-refractivity contribution in [2.24, 2.45) is 0 Å². The smallest absolute Gasteiger partial charge is 0.222 e. The first-order valence-electron chi connectivity index (χ1n) is 8.03. The number of thiophene rings is 1. The molecule has 3 aromatic rings. The standard InChI is InChI=1S/C19H19N3O2S/c1-13(23)22-16(18-7-4-10-25-18)11-19(24)21-12-17-15-6-3-2-5-14(15)8-9-20-17/h2-10,16H,11-12H2,1H3,(H,21,24)(H,22,23)/t16-/m1/s1. The van der Waals surface area contributed by atoms with E-state index in [-0.39, 0.29) is 24.3 Å². The van der Waals surface area contributed by atoms with Crippen molar-refractivity contribution in [2.45, 2.75) is 25.9 Å². The molecule has 128 valence electrons. The van der Waals surface area contributed by atoms with Crippen LogP contribution in [0.2, 0.25) is 0 Å². The van der Waals surface area contributed by atoms with Crippen LogP contribution >= 0.6 is 11.3 Å². The van der Waals surface area contributed by atoms with Gasteiger partial charge in [0.1, 0.15) is 0 Å². The van der Waals surface area contributed by atoms with Gasteiger partial charge in [-0.2, -0.15) is 0 Å². The van der Waals surface area contributed by atoms with Crippen molar-refractivity contribution in [2.75, 3.05) is 0 Å². The normalized spacial score (nSPS) is 11.9. The summed E-state index contributed by atoms with van der Waals surface area (Å²) in [6.45, 7) is 1.82.